The highest BCUT2D eigenvalue weighted by Gasteiger charge is 2.24. The van der Waals surface area contributed by atoms with Crippen LogP contribution in [0.15, 0.2) is 24.3 Å². The molecule has 0 bridgehead atoms. The maximum atomic E-state index is 12.1. The average Bonchev–Trinajstić information content (AvgIpc) is 2.32. The van der Waals surface area contributed by atoms with E-state index in [9.17, 15) is 4.79 Å². The van der Waals surface area contributed by atoms with Crippen LogP contribution in [0.2, 0.25) is 0 Å². The van der Waals surface area contributed by atoms with Gasteiger partial charge in [0.15, 0.2) is 0 Å². The minimum Gasteiger partial charge on any atom is -0.348 e. The van der Waals surface area contributed by atoms with E-state index in [2.05, 4.69) is 43.8 Å². The van der Waals surface area contributed by atoms with Crippen LogP contribution >= 0.6 is 38.5 Å². The van der Waals surface area contributed by atoms with Crippen molar-refractivity contribution in [3.8, 4) is 0 Å². The third kappa shape index (κ3) is 3.44. The van der Waals surface area contributed by atoms with E-state index >= 15 is 0 Å². The number of hydrogen-bond donors (Lipinski definition) is 1. The van der Waals surface area contributed by atoms with Crippen LogP contribution in [-0.2, 0) is 0 Å². The molecule has 2 unspecified atom stereocenters. The Bertz CT molecular complexity index is 410. The van der Waals surface area contributed by atoms with Gasteiger partial charge in [0.05, 0.1) is 5.56 Å². The summed E-state index contributed by atoms with van der Waals surface area (Å²) >= 11 is 5.86. The Labute approximate surface area is 124 Å². The molecule has 1 aromatic rings. The average molecular weight is 408 g/mol. The largest absolute Gasteiger partial charge is 0.348 e. The van der Waals surface area contributed by atoms with E-state index in [-0.39, 0.29) is 11.9 Å². The summed E-state index contributed by atoms with van der Waals surface area (Å²) in [4.78, 5) is 12.6. The first-order valence-corrected chi connectivity index (χ1v) is 7.87. The van der Waals surface area contributed by atoms with Crippen molar-refractivity contribution in [1.29, 1.82) is 0 Å². The van der Waals surface area contributed by atoms with Crippen LogP contribution in [0, 0.1) is 3.57 Å². The van der Waals surface area contributed by atoms with Crippen molar-refractivity contribution in [3.05, 3.63) is 33.4 Å². The molecule has 2 atom stereocenters. The first-order chi connectivity index (χ1) is 8.18. The SMILES string of the molecule is O=C(NC1CCCCC1Br)c1ccccc1I. The molecule has 17 heavy (non-hydrogen) atoms. The number of rotatable bonds is 2. The minimum atomic E-state index is 0.0475. The normalized spacial score (nSPS) is 24.4. The maximum Gasteiger partial charge on any atom is 0.252 e. The molecule has 1 aliphatic rings. The van der Waals surface area contributed by atoms with Crippen molar-refractivity contribution in [1.82, 2.24) is 5.32 Å². The summed E-state index contributed by atoms with van der Waals surface area (Å²) in [6, 6.07) is 7.97. The molecule has 0 heterocycles. The van der Waals surface area contributed by atoms with Gasteiger partial charge in [-0.25, -0.2) is 0 Å². The van der Waals surface area contributed by atoms with Gasteiger partial charge in [0.1, 0.15) is 0 Å². The number of benzene rings is 1. The number of halogens is 2. The summed E-state index contributed by atoms with van der Waals surface area (Å²) in [5.74, 6) is 0.0475. The maximum absolute atomic E-state index is 12.1. The van der Waals surface area contributed by atoms with E-state index in [1.165, 1.54) is 12.8 Å². The number of carbonyl (C=O) groups excluding carboxylic acids is 1. The van der Waals surface area contributed by atoms with Gasteiger partial charge in [0.2, 0.25) is 0 Å². The molecule has 92 valence electrons. The van der Waals surface area contributed by atoms with Gasteiger partial charge in [0, 0.05) is 14.4 Å². The number of nitrogens with one attached hydrogen (secondary N) is 1. The van der Waals surface area contributed by atoms with Crippen LogP contribution in [0.25, 0.3) is 0 Å². The van der Waals surface area contributed by atoms with E-state index in [4.69, 9.17) is 0 Å². The molecule has 1 N–H and O–H groups in total. The smallest absolute Gasteiger partial charge is 0.252 e. The van der Waals surface area contributed by atoms with Crippen molar-refractivity contribution >= 4 is 44.4 Å². The fraction of sp³-hybridized carbons (Fsp3) is 0.462. The Morgan fingerprint density at radius 1 is 1.29 bits per heavy atom. The zero-order valence-corrected chi connectivity index (χ0v) is 13.2. The highest BCUT2D eigenvalue weighted by Crippen LogP contribution is 2.25. The Balaban J connectivity index is 2.04. The van der Waals surface area contributed by atoms with E-state index in [0.717, 1.165) is 22.0 Å². The lowest BCUT2D eigenvalue weighted by Gasteiger charge is -2.28. The van der Waals surface area contributed by atoms with Gasteiger partial charge in [-0.3, -0.25) is 4.79 Å². The van der Waals surface area contributed by atoms with E-state index in [1.54, 1.807) is 0 Å². The van der Waals surface area contributed by atoms with Crippen LogP contribution in [0.5, 0.6) is 0 Å². The molecule has 1 aliphatic carbocycles. The van der Waals surface area contributed by atoms with Gasteiger partial charge >= 0.3 is 0 Å². The second-order valence-corrected chi connectivity index (χ2v) is 6.70. The molecule has 0 aliphatic heterocycles. The number of amides is 1. The fourth-order valence-electron chi connectivity index (χ4n) is 2.14. The van der Waals surface area contributed by atoms with Gasteiger partial charge in [-0.2, -0.15) is 0 Å². The number of carbonyl (C=O) groups is 1. The third-order valence-corrected chi connectivity index (χ3v) is 5.15. The van der Waals surface area contributed by atoms with Gasteiger partial charge < -0.3 is 5.32 Å². The Hall–Kier alpha value is -0.100. The standard InChI is InChI=1S/C13H15BrINO/c14-10-6-2-4-8-12(10)16-13(17)9-5-1-3-7-11(9)15/h1,3,5,7,10,12H,2,4,6,8H2,(H,16,17). The van der Waals surface area contributed by atoms with Gasteiger partial charge in [-0.05, 0) is 47.6 Å². The summed E-state index contributed by atoms with van der Waals surface area (Å²) < 4.78 is 1.00. The first kappa shape index (κ1) is 13.3. The second kappa shape index (κ2) is 6.18. The topological polar surface area (TPSA) is 29.1 Å². The van der Waals surface area contributed by atoms with E-state index < -0.39 is 0 Å². The lowest BCUT2D eigenvalue weighted by molar-refractivity contribution is 0.0929. The van der Waals surface area contributed by atoms with Crippen molar-refractivity contribution in [2.24, 2.45) is 0 Å². The molecule has 0 radical (unpaired) electrons. The van der Waals surface area contributed by atoms with Crippen molar-refractivity contribution in [3.63, 3.8) is 0 Å². The summed E-state index contributed by atoms with van der Waals surface area (Å²) in [6.07, 6.45) is 4.69. The van der Waals surface area contributed by atoms with Crippen LogP contribution in [0.4, 0.5) is 0 Å². The fourth-order valence-corrected chi connectivity index (χ4v) is 3.49. The molecular weight excluding hydrogens is 393 g/mol. The van der Waals surface area contributed by atoms with Crippen LogP contribution in [0.3, 0.4) is 0 Å². The third-order valence-electron chi connectivity index (χ3n) is 3.12. The summed E-state index contributed by atoms with van der Waals surface area (Å²) in [5.41, 5.74) is 0.776. The molecule has 0 saturated heterocycles. The van der Waals surface area contributed by atoms with Crippen LogP contribution in [0.1, 0.15) is 36.0 Å². The van der Waals surface area contributed by atoms with Gasteiger partial charge in [0.25, 0.3) is 5.91 Å². The summed E-state index contributed by atoms with van der Waals surface area (Å²) in [6.45, 7) is 0. The molecule has 1 fully saturated rings. The number of hydrogen-bond acceptors (Lipinski definition) is 1. The molecule has 0 aromatic heterocycles. The van der Waals surface area contributed by atoms with Crippen LogP contribution in [-0.4, -0.2) is 16.8 Å². The van der Waals surface area contributed by atoms with Crippen molar-refractivity contribution < 1.29 is 4.79 Å². The molecule has 1 aromatic carbocycles. The van der Waals surface area contributed by atoms with Gasteiger partial charge in [-0.1, -0.05) is 40.9 Å². The van der Waals surface area contributed by atoms with E-state index in [1.807, 2.05) is 24.3 Å². The first-order valence-electron chi connectivity index (χ1n) is 5.88. The molecule has 1 saturated carbocycles. The van der Waals surface area contributed by atoms with E-state index in [0.29, 0.717) is 4.83 Å². The zero-order chi connectivity index (χ0) is 12.3. The Morgan fingerprint density at radius 2 is 2.00 bits per heavy atom. The van der Waals surface area contributed by atoms with Crippen molar-refractivity contribution in [2.75, 3.05) is 0 Å². The minimum absolute atomic E-state index is 0.0475. The molecular formula is C13H15BrINO. The quantitative estimate of drug-likeness (QED) is 0.587. The second-order valence-electron chi connectivity index (χ2n) is 4.36. The highest BCUT2D eigenvalue weighted by atomic mass is 127. The zero-order valence-electron chi connectivity index (χ0n) is 9.46. The lowest BCUT2D eigenvalue weighted by atomic mass is 9.95. The predicted molar refractivity (Wildman–Crippen MR) is 81.6 cm³/mol. The summed E-state index contributed by atoms with van der Waals surface area (Å²) in [5, 5.41) is 3.14. The number of alkyl halides is 1. The predicted octanol–water partition coefficient (Wildman–Crippen LogP) is 3.73. The molecule has 4 heteroatoms. The van der Waals surface area contributed by atoms with Crippen LogP contribution < -0.4 is 5.32 Å². The monoisotopic (exact) mass is 407 g/mol. The Morgan fingerprint density at radius 3 is 2.71 bits per heavy atom. The lowest BCUT2D eigenvalue weighted by Crippen LogP contribution is -2.42. The van der Waals surface area contributed by atoms with Gasteiger partial charge in [-0.15, -0.1) is 0 Å². The van der Waals surface area contributed by atoms with Crippen molar-refractivity contribution in [2.45, 2.75) is 36.6 Å². The highest BCUT2D eigenvalue weighted by molar-refractivity contribution is 14.1. The molecule has 1 amide bonds. The summed E-state index contributed by atoms with van der Waals surface area (Å²) in [7, 11) is 0. The molecule has 2 nitrogen and oxygen atoms in total. The molecule has 0 spiro atoms. The Kier molecular flexibility index (Phi) is 4.85. The molecule has 2 rings (SSSR count).